The number of rotatable bonds is 7. The van der Waals surface area contributed by atoms with Crippen LogP contribution in [0.5, 0.6) is 0 Å². The lowest BCUT2D eigenvalue weighted by Gasteiger charge is -2.20. The van der Waals surface area contributed by atoms with E-state index >= 15 is 0 Å². The molecule has 0 fully saturated rings. The molecule has 0 unspecified atom stereocenters. The van der Waals surface area contributed by atoms with Gasteiger partial charge in [-0.15, -0.1) is 11.3 Å². The first kappa shape index (κ1) is 14.4. The smallest absolute Gasteiger partial charge is 0.323 e. The van der Waals surface area contributed by atoms with E-state index in [1.807, 2.05) is 0 Å². The zero-order valence-electron chi connectivity index (χ0n) is 9.96. The van der Waals surface area contributed by atoms with Gasteiger partial charge in [-0.05, 0) is 0 Å². The zero-order valence-corrected chi connectivity index (χ0v) is 10.8. The van der Waals surface area contributed by atoms with Gasteiger partial charge in [-0.3, -0.25) is 4.79 Å². The first-order chi connectivity index (χ1) is 8.63. The summed E-state index contributed by atoms with van der Waals surface area (Å²) in [7, 11) is 1.49. The van der Waals surface area contributed by atoms with Crippen LogP contribution in [0, 0.1) is 0 Å². The molecule has 2 N–H and O–H groups in total. The third kappa shape index (κ3) is 5.11. The summed E-state index contributed by atoms with van der Waals surface area (Å²) in [6, 6.07) is -0.440. The van der Waals surface area contributed by atoms with E-state index in [2.05, 4.69) is 10.3 Å². The number of methoxy groups -OCH3 is 1. The molecule has 0 radical (unpaired) electrons. The number of carboxylic acids is 1. The first-order valence-corrected chi connectivity index (χ1v) is 6.13. The Balaban J connectivity index is 2.44. The number of carbonyl (C=O) groups is 2. The molecule has 1 aromatic heterocycles. The number of thiazole rings is 1. The molecule has 8 heteroatoms. The molecule has 0 aliphatic carbocycles. The minimum Gasteiger partial charge on any atom is -0.480 e. The summed E-state index contributed by atoms with van der Waals surface area (Å²) in [5.41, 5.74) is 0. The maximum Gasteiger partial charge on any atom is 0.323 e. The number of nitrogens with zero attached hydrogens (tertiary/aromatic N) is 2. The van der Waals surface area contributed by atoms with Crippen LogP contribution in [-0.2, 0) is 16.1 Å². The maximum atomic E-state index is 11.8. The summed E-state index contributed by atoms with van der Waals surface area (Å²) in [5, 5.41) is 13.9. The van der Waals surface area contributed by atoms with Crippen LogP contribution in [0.4, 0.5) is 4.79 Å². The van der Waals surface area contributed by atoms with E-state index in [-0.39, 0.29) is 19.7 Å². The number of amides is 2. The van der Waals surface area contributed by atoms with Gasteiger partial charge in [0.15, 0.2) is 0 Å². The summed E-state index contributed by atoms with van der Waals surface area (Å²) in [4.78, 5) is 27.6. The number of carbonyl (C=O) groups excluding carboxylic acids is 1. The Morgan fingerprint density at radius 1 is 1.61 bits per heavy atom. The molecule has 1 aromatic rings. The van der Waals surface area contributed by atoms with Crippen molar-refractivity contribution in [3.8, 4) is 0 Å². The SMILES string of the molecule is COCCN(CC(=O)O)C(=O)NCc1nccs1. The van der Waals surface area contributed by atoms with E-state index in [4.69, 9.17) is 9.84 Å². The van der Waals surface area contributed by atoms with Gasteiger partial charge >= 0.3 is 12.0 Å². The van der Waals surface area contributed by atoms with Crippen LogP contribution in [0.2, 0.25) is 0 Å². The summed E-state index contributed by atoms with van der Waals surface area (Å²) >= 11 is 1.42. The second-order valence-electron chi connectivity index (χ2n) is 3.39. The molecule has 0 atom stereocenters. The summed E-state index contributed by atoms with van der Waals surface area (Å²) in [6.45, 7) is 0.455. The Bertz CT molecular complexity index is 382. The highest BCUT2D eigenvalue weighted by molar-refractivity contribution is 7.09. The molecule has 1 heterocycles. The Hall–Kier alpha value is -1.67. The molecule has 1 rings (SSSR count). The molecule has 7 nitrogen and oxygen atoms in total. The predicted octanol–water partition coefficient (Wildman–Crippen LogP) is 0.386. The molecule has 18 heavy (non-hydrogen) atoms. The number of hydrogen-bond acceptors (Lipinski definition) is 5. The molecule has 0 saturated carbocycles. The highest BCUT2D eigenvalue weighted by Crippen LogP contribution is 2.03. The number of aromatic nitrogens is 1. The second-order valence-corrected chi connectivity index (χ2v) is 4.37. The quantitative estimate of drug-likeness (QED) is 0.749. The summed E-state index contributed by atoms with van der Waals surface area (Å²) < 4.78 is 4.83. The van der Waals surface area contributed by atoms with E-state index in [1.54, 1.807) is 11.6 Å². The maximum absolute atomic E-state index is 11.8. The number of nitrogens with one attached hydrogen (secondary N) is 1. The summed E-state index contributed by atoms with van der Waals surface area (Å²) in [5.74, 6) is -1.06. The van der Waals surface area contributed by atoms with Crippen molar-refractivity contribution in [2.24, 2.45) is 0 Å². The van der Waals surface area contributed by atoms with Gasteiger partial charge in [0.05, 0.1) is 13.2 Å². The van der Waals surface area contributed by atoms with Crippen LogP contribution in [-0.4, -0.2) is 53.8 Å². The number of ether oxygens (including phenoxy) is 1. The normalized spacial score (nSPS) is 10.1. The van der Waals surface area contributed by atoms with Crippen molar-refractivity contribution in [3.05, 3.63) is 16.6 Å². The highest BCUT2D eigenvalue weighted by Gasteiger charge is 2.16. The fourth-order valence-electron chi connectivity index (χ4n) is 1.22. The average Bonchev–Trinajstić information content (AvgIpc) is 2.84. The van der Waals surface area contributed by atoms with Crippen LogP contribution >= 0.6 is 11.3 Å². The standard InChI is InChI=1S/C10H15N3O4S/c1-17-4-3-13(7-9(14)15)10(16)12-6-8-11-2-5-18-8/h2,5H,3-4,6-7H2,1H3,(H,12,16)(H,14,15). The van der Waals surface area contributed by atoms with Crippen LogP contribution in [0.1, 0.15) is 5.01 Å². The lowest BCUT2D eigenvalue weighted by molar-refractivity contribution is -0.137. The molecule has 0 spiro atoms. The fraction of sp³-hybridized carbons (Fsp3) is 0.500. The molecular weight excluding hydrogens is 258 g/mol. The number of aliphatic carboxylic acids is 1. The second kappa shape index (κ2) is 7.62. The van der Waals surface area contributed by atoms with Crippen molar-refractivity contribution in [2.45, 2.75) is 6.54 Å². The van der Waals surface area contributed by atoms with E-state index in [0.717, 1.165) is 5.01 Å². The van der Waals surface area contributed by atoms with Gasteiger partial charge < -0.3 is 20.1 Å². The molecule has 2 amide bonds. The Kier molecular flexibility index (Phi) is 6.09. The minimum atomic E-state index is -1.06. The van der Waals surface area contributed by atoms with Crippen molar-refractivity contribution in [2.75, 3.05) is 26.8 Å². The van der Waals surface area contributed by atoms with Crippen molar-refractivity contribution in [1.29, 1.82) is 0 Å². The fourth-order valence-corrected chi connectivity index (χ4v) is 1.78. The third-order valence-electron chi connectivity index (χ3n) is 2.05. The van der Waals surface area contributed by atoms with Crippen LogP contribution in [0.15, 0.2) is 11.6 Å². The number of hydrogen-bond donors (Lipinski definition) is 2. The lowest BCUT2D eigenvalue weighted by atomic mass is 10.5. The van der Waals surface area contributed by atoms with Gasteiger partial charge in [0.2, 0.25) is 0 Å². The van der Waals surface area contributed by atoms with Crippen LogP contribution in [0.3, 0.4) is 0 Å². The van der Waals surface area contributed by atoms with E-state index in [1.165, 1.54) is 23.3 Å². The largest absolute Gasteiger partial charge is 0.480 e. The lowest BCUT2D eigenvalue weighted by Crippen LogP contribution is -2.44. The Morgan fingerprint density at radius 3 is 2.94 bits per heavy atom. The third-order valence-corrected chi connectivity index (χ3v) is 2.83. The molecule has 0 bridgehead atoms. The highest BCUT2D eigenvalue weighted by atomic mass is 32.1. The first-order valence-electron chi connectivity index (χ1n) is 5.25. The molecule has 100 valence electrons. The Morgan fingerprint density at radius 2 is 2.39 bits per heavy atom. The van der Waals surface area contributed by atoms with Gasteiger partial charge in [0, 0.05) is 25.2 Å². The van der Waals surface area contributed by atoms with Gasteiger partial charge in [-0.1, -0.05) is 0 Å². The Labute approximate surface area is 108 Å². The molecular formula is C10H15N3O4S. The van der Waals surface area contributed by atoms with Gasteiger partial charge in [0.1, 0.15) is 11.6 Å². The zero-order chi connectivity index (χ0) is 13.4. The predicted molar refractivity (Wildman–Crippen MR) is 65.4 cm³/mol. The van der Waals surface area contributed by atoms with E-state index in [9.17, 15) is 9.59 Å². The van der Waals surface area contributed by atoms with Crippen molar-refractivity contribution >= 4 is 23.3 Å². The van der Waals surface area contributed by atoms with Gasteiger partial charge in [0.25, 0.3) is 0 Å². The topological polar surface area (TPSA) is 91.8 Å². The van der Waals surface area contributed by atoms with E-state index in [0.29, 0.717) is 6.54 Å². The van der Waals surface area contributed by atoms with Crippen molar-refractivity contribution in [3.63, 3.8) is 0 Å². The monoisotopic (exact) mass is 273 g/mol. The number of urea groups is 1. The van der Waals surface area contributed by atoms with Crippen molar-refractivity contribution in [1.82, 2.24) is 15.2 Å². The molecule has 0 aliphatic heterocycles. The van der Waals surface area contributed by atoms with Gasteiger partial charge in [-0.25, -0.2) is 9.78 Å². The molecule has 0 saturated heterocycles. The van der Waals surface area contributed by atoms with Crippen LogP contribution < -0.4 is 5.32 Å². The van der Waals surface area contributed by atoms with Gasteiger partial charge in [-0.2, -0.15) is 0 Å². The molecule has 0 aliphatic rings. The minimum absolute atomic E-state index is 0.229. The van der Waals surface area contributed by atoms with Crippen LogP contribution in [0.25, 0.3) is 0 Å². The summed E-state index contributed by atoms with van der Waals surface area (Å²) in [6.07, 6.45) is 1.64. The molecule has 0 aromatic carbocycles. The average molecular weight is 273 g/mol. The van der Waals surface area contributed by atoms with Crippen molar-refractivity contribution < 1.29 is 19.4 Å². The number of carboxylic acid groups (broad SMARTS) is 1. The van der Waals surface area contributed by atoms with E-state index < -0.39 is 12.0 Å².